The van der Waals surface area contributed by atoms with Gasteiger partial charge in [0.25, 0.3) is 15.9 Å². The fraction of sp³-hybridized carbons (Fsp3) is 0.200. The average Bonchev–Trinajstić information content (AvgIpc) is 2.72. The number of anilines is 1. The Kier molecular flexibility index (Phi) is 7.43. The van der Waals surface area contributed by atoms with E-state index in [9.17, 15) is 39.6 Å². The van der Waals surface area contributed by atoms with E-state index in [2.05, 4.69) is 11.9 Å². The molecule has 0 bridgehead atoms. The average molecular weight is 491 g/mol. The quantitative estimate of drug-likeness (QED) is 0.436. The van der Waals surface area contributed by atoms with E-state index in [1.54, 1.807) is 6.07 Å². The highest BCUT2D eigenvalue weighted by atomic mass is 32.2. The molecule has 0 saturated carbocycles. The zero-order chi connectivity index (χ0) is 25.0. The number of rotatable bonds is 7. The van der Waals surface area contributed by atoms with Crippen LogP contribution in [0, 0.1) is 11.3 Å². The molecule has 0 heterocycles. The second-order valence-corrected chi connectivity index (χ2v) is 8.29. The van der Waals surface area contributed by atoms with Crippen LogP contribution in [-0.4, -0.2) is 27.0 Å². The second-order valence-electron chi connectivity index (χ2n) is 6.61. The predicted octanol–water partition coefficient (Wildman–Crippen LogP) is 4.62. The van der Waals surface area contributed by atoms with Crippen LogP contribution in [0.5, 0.6) is 0 Å². The molecule has 2 aromatic rings. The summed E-state index contributed by atoms with van der Waals surface area (Å²) in [7, 11) is -4.48. The minimum Gasteiger partial charge on any atom is -0.352 e. The van der Waals surface area contributed by atoms with E-state index in [0.29, 0.717) is 18.2 Å². The molecule has 0 aliphatic rings. The second kappa shape index (κ2) is 9.53. The van der Waals surface area contributed by atoms with Crippen molar-refractivity contribution >= 4 is 21.6 Å². The Labute approximate surface area is 184 Å². The van der Waals surface area contributed by atoms with Crippen molar-refractivity contribution in [1.29, 1.82) is 5.26 Å². The van der Waals surface area contributed by atoms with Crippen LogP contribution in [0.3, 0.4) is 0 Å². The van der Waals surface area contributed by atoms with Crippen LogP contribution in [0.15, 0.2) is 59.5 Å². The van der Waals surface area contributed by atoms with Gasteiger partial charge in [-0.2, -0.15) is 31.6 Å². The van der Waals surface area contributed by atoms with Crippen molar-refractivity contribution in [3.05, 3.63) is 71.3 Å². The van der Waals surface area contributed by atoms with Crippen LogP contribution in [0.25, 0.3) is 0 Å². The third-order valence-corrected chi connectivity index (χ3v) is 5.62. The number of amides is 1. The van der Waals surface area contributed by atoms with Gasteiger partial charge >= 0.3 is 12.4 Å². The molecule has 2 rings (SSSR count). The van der Waals surface area contributed by atoms with Gasteiger partial charge in [0.1, 0.15) is 0 Å². The maximum atomic E-state index is 13.1. The molecule has 6 nitrogen and oxygen atoms in total. The lowest BCUT2D eigenvalue weighted by Crippen LogP contribution is -2.28. The van der Waals surface area contributed by atoms with Gasteiger partial charge in [-0.15, -0.1) is 0 Å². The van der Waals surface area contributed by atoms with Gasteiger partial charge in [0.15, 0.2) is 0 Å². The van der Waals surface area contributed by atoms with Gasteiger partial charge in [0, 0.05) is 12.1 Å². The SMILES string of the molecule is C=C(CCNC(=O)c1ccc(C(F)(F)F)cc1NS(=O)(=O)c1ccc(C#N)cc1)C(F)(F)F. The van der Waals surface area contributed by atoms with Crippen molar-refractivity contribution in [3.8, 4) is 6.07 Å². The molecule has 2 aromatic carbocycles. The topological polar surface area (TPSA) is 99.1 Å². The summed E-state index contributed by atoms with van der Waals surface area (Å²) in [6.07, 6.45) is -10.2. The molecule has 0 atom stereocenters. The summed E-state index contributed by atoms with van der Waals surface area (Å²) in [6.45, 7) is 2.29. The van der Waals surface area contributed by atoms with Gasteiger partial charge in [0.05, 0.1) is 33.3 Å². The maximum absolute atomic E-state index is 13.1. The van der Waals surface area contributed by atoms with E-state index in [1.165, 1.54) is 12.1 Å². The molecule has 0 aromatic heterocycles. The van der Waals surface area contributed by atoms with Crippen molar-refractivity contribution in [2.45, 2.75) is 23.7 Å². The highest BCUT2D eigenvalue weighted by Gasteiger charge is 2.33. The molecule has 13 heteroatoms. The molecular formula is C20H15F6N3O3S. The summed E-state index contributed by atoms with van der Waals surface area (Å²) in [5, 5.41) is 10.9. The number of hydrogen-bond donors (Lipinski definition) is 2. The summed E-state index contributed by atoms with van der Waals surface area (Å²) < 4.78 is 104. The zero-order valence-electron chi connectivity index (χ0n) is 16.5. The molecule has 2 N–H and O–H groups in total. The summed E-state index contributed by atoms with van der Waals surface area (Å²) >= 11 is 0. The number of sulfonamides is 1. The number of carbonyl (C=O) groups is 1. The lowest BCUT2D eigenvalue weighted by molar-refractivity contribution is -0.137. The van der Waals surface area contributed by atoms with Crippen molar-refractivity contribution < 1.29 is 39.6 Å². The number of halogens is 6. The van der Waals surface area contributed by atoms with E-state index in [0.717, 1.165) is 12.1 Å². The summed E-state index contributed by atoms with van der Waals surface area (Å²) in [5.41, 5.74) is -3.54. The Morgan fingerprint density at radius 2 is 1.64 bits per heavy atom. The summed E-state index contributed by atoms with van der Waals surface area (Å²) in [4.78, 5) is 12.0. The highest BCUT2D eigenvalue weighted by Crippen LogP contribution is 2.33. The predicted molar refractivity (Wildman–Crippen MR) is 106 cm³/mol. The van der Waals surface area contributed by atoms with Gasteiger partial charge in [-0.1, -0.05) is 6.58 Å². The Balaban J connectivity index is 2.35. The first-order chi connectivity index (χ1) is 15.1. The Morgan fingerprint density at radius 3 is 2.15 bits per heavy atom. The molecule has 1 amide bonds. The van der Waals surface area contributed by atoms with Crippen LogP contribution in [0.4, 0.5) is 32.0 Å². The van der Waals surface area contributed by atoms with Crippen LogP contribution in [0.2, 0.25) is 0 Å². The molecule has 0 radical (unpaired) electrons. The molecule has 0 aliphatic heterocycles. The smallest absolute Gasteiger partial charge is 0.352 e. The van der Waals surface area contributed by atoms with E-state index in [-0.39, 0.29) is 5.56 Å². The number of benzene rings is 2. The first kappa shape index (κ1) is 25.7. The monoisotopic (exact) mass is 491 g/mol. The van der Waals surface area contributed by atoms with Crippen LogP contribution in [0.1, 0.15) is 27.9 Å². The minimum absolute atomic E-state index is 0.133. The molecule has 0 spiro atoms. The standard InChI is InChI=1S/C20H15F6N3O3S/c1-12(19(21,22)23)8-9-28-18(30)16-7-4-14(20(24,25)26)10-17(16)29-33(31,32)15-5-2-13(11-27)3-6-15/h2-7,10,29H,1,8-9H2,(H,28,30). The lowest BCUT2D eigenvalue weighted by Gasteiger charge is -2.16. The van der Waals surface area contributed by atoms with Crippen LogP contribution < -0.4 is 10.0 Å². The third-order valence-electron chi connectivity index (χ3n) is 4.24. The summed E-state index contributed by atoms with van der Waals surface area (Å²) in [6, 6.07) is 7.81. The van der Waals surface area contributed by atoms with E-state index in [1.807, 2.05) is 4.72 Å². The van der Waals surface area contributed by atoms with E-state index >= 15 is 0 Å². The normalized spacial score (nSPS) is 12.0. The van der Waals surface area contributed by atoms with Crippen LogP contribution >= 0.6 is 0 Å². The number of nitriles is 1. The summed E-state index contributed by atoms with van der Waals surface area (Å²) in [5.74, 6) is -1.10. The first-order valence-corrected chi connectivity index (χ1v) is 10.4. The molecule has 176 valence electrons. The Bertz CT molecular complexity index is 1200. The maximum Gasteiger partial charge on any atom is 0.416 e. The number of carbonyl (C=O) groups excluding carboxylic acids is 1. The van der Waals surface area contributed by atoms with Gasteiger partial charge in [0.2, 0.25) is 0 Å². The minimum atomic E-state index is -4.87. The first-order valence-electron chi connectivity index (χ1n) is 8.92. The molecule has 0 unspecified atom stereocenters. The lowest BCUT2D eigenvalue weighted by atomic mass is 10.1. The number of nitrogens with one attached hydrogen (secondary N) is 2. The van der Waals surface area contributed by atoms with Gasteiger partial charge in [-0.25, -0.2) is 8.42 Å². The Morgan fingerprint density at radius 1 is 1.03 bits per heavy atom. The molecule has 0 saturated heterocycles. The zero-order valence-corrected chi connectivity index (χ0v) is 17.3. The van der Waals surface area contributed by atoms with Crippen LogP contribution in [-0.2, 0) is 16.2 Å². The van der Waals surface area contributed by atoms with E-state index < -0.39 is 68.5 Å². The third kappa shape index (κ3) is 6.72. The van der Waals surface area contributed by atoms with E-state index in [4.69, 9.17) is 5.26 Å². The molecule has 0 fully saturated rings. The Hall–Kier alpha value is -3.53. The van der Waals surface area contributed by atoms with Crippen molar-refractivity contribution in [2.24, 2.45) is 0 Å². The molecule has 33 heavy (non-hydrogen) atoms. The number of nitrogens with zero attached hydrogens (tertiary/aromatic N) is 1. The van der Waals surface area contributed by atoms with Gasteiger partial charge in [-0.05, 0) is 48.9 Å². The largest absolute Gasteiger partial charge is 0.416 e. The fourth-order valence-corrected chi connectivity index (χ4v) is 3.55. The van der Waals surface area contributed by atoms with Gasteiger partial charge in [-0.3, -0.25) is 9.52 Å². The number of alkyl halides is 6. The molecule has 0 aliphatic carbocycles. The van der Waals surface area contributed by atoms with Gasteiger partial charge < -0.3 is 5.32 Å². The van der Waals surface area contributed by atoms with Crippen molar-refractivity contribution in [3.63, 3.8) is 0 Å². The van der Waals surface area contributed by atoms with Crippen molar-refractivity contribution in [2.75, 3.05) is 11.3 Å². The highest BCUT2D eigenvalue weighted by molar-refractivity contribution is 7.92. The molecular weight excluding hydrogens is 476 g/mol. The number of hydrogen-bond acceptors (Lipinski definition) is 4. The fourth-order valence-electron chi connectivity index (χ4n) is 2.48. The van der Waals surface area contributed by atoms with Crippen molar-refractivity contribution in [1.82, 2.24) is 5.32 Å².